The van der Waals surface area contributed by atoms with Crippen LogP contribution in [0.1, 0.15) is 10.4 Å². The van der Waals surface area contributed by atoms with E-state index in [1.54, 1.807) is 6.20 Å². The van der Waals surface area contributed by atoms with Gasteiger partial charge in [0.25, 0.3) is 0 Å². The van der Waals surface area contributed by atoms with Crippen molar-refractivity contribution < 1.29 is 4.79 Å². The Balaban J connectivity index is 1.47. The summed E-state index contributed by atoms with van der Waals surface area (Å²) in [5.74, 6) is 1.06. The molecule has 6 heteroatoms. The maximum atomic E-state index is 12.5. The number of aromatic nitrogens is 4. The molecule has 0 aliphatic carbocycles. The van der Waals surface area contributed by atoms with Gasteiger partial charge in [-0.15, -0.1) is 5.10 Å². The van der Waals surface area contributed by atoms with Crippen LogP contribution < -0.4 is 0 Å². The van der Waals surface area contributed by atoms with Crippen LogP contribution in [0.15, 0.2) is 66.0 Å². The molecule has 4 aromatic rings. The summed E-state index contributed by atoms with van der Waals surface area (Å²) in [7, 11) is 0. The number of thioether (sulfide) groups is 1. The number of carbonyl (C=O) groups excluding carboxylic acids is 1. The third-order valence-electron chi connectivity index (χ3n) is 3.73. The second kappa shape index (κ2) is 6.33. The fourth-order valence-corrected chi connectivity index (χ4v) is 3.23. The molecule has 0 aliphatic heterocycles. The Hall–Kier alpha value is -2.86. The minimum absolute atomic E-state index is 0.0588. The Morgan fingerprint density at radius 1 is 1.04 bits per heavy atom. The lowest BCUT2D eigenvalue weighted by Crippen LogP contribution is -2.01. The number of rotatable bonds is 5. The lowest BCUT2D eigenvalue weighted by atomic mass is 10.1. The van der Waals surface area contributed by atoms with E-state index in [9.17, 15) is 4.79 Å². The predicted octanol–water partition coefficient (Wildman–Crippen LogP) is 3.93. The zero-order valence-electron chi connectivity index (χ0n) is 12.7. The zero-order valence-corrected chi connectivity index (χ0v) is 13.5. The van der Waals surface area contributed by atoms with Crippen LogP contribution in [-0.2, 0) is 0 Å². The van der Waals surface area contributed by atoms with Crippen molar-refractivity contribution in [2.75, 3.05) is 5.75 Å². The zero-order chi connectivity index (χ0) is 16.4. The summed E-state index contributed by atoms with van der Waals surface area (Å²) < 4.78 is 0. The van der Waals surface area contributed by atoms with E-state index in [-0.39, 0.29) is 5.78 Å². The van der Waals surface area contributed by atoms with E-state index in [4.69, 9.17) is 0 Å². The molecule has 5 nitrogen and oxygen atoms in total. The molecule has 0 bridgehead atoms. The van der Waals surface area contributed by atoms with Crippen molar-refractivity contribution in [1.82, 2.24) is 20.2 Å². The number of aromatic amines is 2. The highest BCUT2D eigenvalue weighted by Gasteiger charge is 2.14. The number of nitrogens with one attached hydrogen (secondary N) is 2. The molecule has 2 N–H and O–H groups in total. The quantitative estimate of drug-likeness (QED) is 0.428. The molecule has 0 spiro atoms. The van der Waals surface area contributed by atoms with Gasteiger partial charge in [0.15, 0.2) is 11.6 Å². The number of H-pyrrole nitrogens is 2. The minimum Gasteiger partial charge on any atom is -0.360 e. The number of para-hydroxylation sites is 1. The maximum Gasteiger partial charge on any atom is 0.209 e. The first-order valence-corrected chi connectivity index (χ1v) is 8.50. The van der Waals surface area contributed by atoms with E-state index < -0.39 is 0 Å². The fraction of sp³-hybridized carbons (Fsp3) is 0.0556. The van der Waals surface area contributed by atoms with Crippen molar-refractivity contribution in [3.05, 3.63) is 66.4 Å². The number of nitrogens with zero attached hydrogens (tertiary/aromatic N) is 2. The first kappa shape index (κ1) is 14.7. The molecule has 118 valence electrons. The molecular formula is C18H14N4OS. The standard InChI is InChI=1S/C18H14N4OS/c23-16(14-10-19-15-9-5-4-8-13(14)15)11-24-18-20-17(21-22-18)12-6-2-1-3-7-12/h1-10,19H,11H2,(H,20,21,22). The molecule has 0 fully saturated rings. The molecule has 0 saturated carbocycles. The van der Waals surface area contributed by atoms with Crippen LogP contribution in [0.25, 0.3) is 22.3 Å². The van der Waals surface area contributed by atoms with E-state index in [0.29, 0.717) is 22.3 Å². The molecule has 0 radical (unpaired) electrons. The van der Waals surface area contributed by atoms with Crippen LogP contribution in [0.2, 0.25) is 0 Å². The molecule has 0 atom stereocenters. The number of ketones is 1. The molecule has 0 aliphatic rings. The maximum absolute atomic E-state index is 12.5. The Bertz CT molecular complexity index is 990. The SMILES string of the molecule is O=C(CSc1n[nH]c(-c2ccccc2)n1)c1c[nH]c2ccccc12. The van der Waals surface area contributed by atoms with E-state index in [0.717, 1.165) is 16.5 Å². The van der Waals surface area contributed by atoms with Crippen molar-refractivity contribution in [3.8, 4) is 11.4 Å². The summed E-state index contributed by atoms with van der Waals surface area (Å²) in [5, 5.41) is 8.60. The van der Waals surface area contributed by atoms with Crippen molar-refractivity contribution in [1.29, 1.82) is 0 Å². The number of Topliss-reactive ketones (excluding diaryl/α,β-unsaturated/α-hetero) is 1. The highest BCUT2D eigenvalue weighted by molar-refractivity contribution is 7.99. The molecule has 2 aromatic heterocycles. The van der Waals surface area contributed by atoms with Crippen LogP contribution in [0, 0.1) is 0 Å². The molecule has 0 saturated heterocycles. The topological polar surface area (TPSA) is 74.4 Å². The van der Waals surface area contributed by atoms with Crippen molar-refractivity contribution in [2.24, 2.45) is 0 Å². The van der Waals surface area contributed by atoms with Crippen molar-refractivity contribution in [3.63, 3.8) is 0 Å². The largest absolute Gasteiger partial charge is 0.360 e. The lowest BCUT2D eigenvalue weighted by molar-refractivity contribution is 0.102. The molecular weight excluding hydrogens is 320 g/mol. The lowest BCUT2D eigenvalue weighted by Gasteiger charge is -1.97. The summed E-state index contributed by atoms with van der Waals surface area (Å²) in [4.78, 5) is 20.0. The Morgan fingerprint density at radius 3 is 2.71 bits per heavy atom. The normalized spacial score (nSPS) is 11.0. The van der Waals surface area contributed by atoms with E-state index in [2.05, 4.69) is 20.2 Å². The molecule has 2 heterocycles. The van der Waals surface area contributed by atoms with Gasteiger partial charge in [0, 0.05) is 28.2 Å². The van der Waals surface area contributed by atoms with Crippen LogP contribution in [-0.4, -0.2) is 31.7 Å². The summed E-state index contributed by atoms with van der Waals surface area (Å²) in [6.07, 6.45) is 1.76. The van der Waals surface area contributed by atoms with Gasteiger partial charge in [-0.2, -0.15) is 0 Å². The summed E-state index contributed by atoms with van der Waals surface area (Å²) >= 11 is 1.33. The molecule has 2 aromatic carbocycles. The summed E-state index contributed by atoms with van der Waals surface area (Å²) in [6, 6.07) is 17.6. The van der Waals surface area contributed by atoms with Gasteiger partial charge in [0.2, 0.25) is 5.16 Å². The van der Waals surface area contributed by atoms with Crippen molar-refractivity contribution >= 4 is 28.4 Å². The molecule has 0 amide bonds. The Labute approximate surface area is 142 Å². The average molecular weight is 334 g/mol. The van der Waals surface area contributed by atoms with Gasteiger partial charge in [0.1, 0.15) is 0 Å². The minimum atomic E-state index is 0.0588. The Kier molecular flexibility index (Phi) is 3.88. The number of hydrogen-bond acceptors (Lipinski definition) is 4. The average Bonchev–Trinajstić information content (AvgIpc) is 3.27. The van der Waals surface area contributed by atoms with Gasteiger partial charge in [-0.3, -0.25) is 9.89 Å². The van der Waals surface area contributed by atoms with Gasteiger partial charge in [-0.1, -0.05) is 60.3 Å². The number of fused-ring (bicyclic) bond motifs is 1. The van der Waals surface area contributed by atoms with Crippen LogP contribution in [0.3, 0.4) is 0 Å². The smallest absolute Gasteiger partial charge is 0.209 e. The monoisotopic (exact) mass is 334 g/mol. The van der Waals surface area contributed by atoms with Crippen LogP contribution >= 0.6 is 11.8 Å². The first-order valence-electron chi connectivity index (χ1n) is 7.51. The van der Waals surface area contributed by atoms with Gasteiger partial charge in [-0.25, -0.2) is 4.98 Å². The van der Waals surface area contributed by atoms with Crippen LogP contribution in [0.4, 0.5) is 0 Å². The van der Waals surface area contributed by atoms with E-state index >= 15 is 0 Å². The molecule has 4 rings (SSSR count). The number of benzene rings is 2. The molecule has 0 unspecified atom stereocenters. The fourth-order valence-electron chi connectivity index (χ4n) is 2.55. The van der Waals surface area contributed by atoms with Gasteiger partial charge in [0.05, 0.1) is 5.75 Å². The second-order valence-corrected chi connectivity index (χ2v) is 6.23. The first-order chi connectivity index (χ1) is 11.8. The molecule has 24 heavy (non-hydrogen) atoms. The van der Waals surface area contributed by atoms with Gasteiger partial charge >= 0.3 is 0 Å². The van der Waals surface area contributed by atoms with Crippen LogP contribution in [0.5, 0.6) is 0 Å². The van der Waals surface area contributed by atoms with E-state index in [1.165, 1.54) is 11.8 Å². The highest BCUT2D eigenvalue weighted by Crippen LogP contribution is 2.22. The van der Waals surface area contributed by atoms with E-state index in [1.807, 2.05) is 54.6 Å². The van der Waals surface area contributed by atoms with Crippen molar-refractivity contribution in [2.45, 2.75) is 5.16 Å². The highest BCUT2D eigenvalue weighted by atomic mass is 32.2. The number of carbonyl (C=O) groups is 1. The third kappa shape index (κ3) is 2.83. The summed E-state index contributed by atoms with van der Waals surface area (Å²) in [6.45, 7) is 0. The number of hydrogen-bond donors (Lipinski definition) is 2. The predicted molar refractivity (Wildman–Crippen MR) is 95.2 cm³/mol. The second-order valence-electron chi connectivity index (χ2n) is 5.29. The van der Waals surface area contributed by atoms with Gasteiger partial charge in [-0.05, 0) is 6.07 Å². The third-order valence-corrected chi connectivity index (χ3v) is 4.58. The summed E-state index contributed by atoms with van der Waals surface area (Å²) in [5.41, 5.74) is 2.65. The Morgan fingerprint density at radius 2 is 1.83 bits per heavy atom. The van der Waals surface area contributed by atoms with Gasteiger partial charge < -0.3 is 4.98 Å².